The monoisotopic (exact) mass is 431 g/mol. The molecule has 0 radical (unpaired) electrons. The van der Waals surface area contributed by atoms with Crippen LogP contribution in [0.5, 0.6) is 5.75 Å². The maximum absolute atomic E-state index is 13.0. The molecule has 2 amide bonds. The first-order chi connectivity index (χ1) is 15.6. The first-order valence-corrected chi connectivity index (χ1v) is 10.8. The third-order valence-electron chi connectivity index (χ3n) is 5.92. The molecule has 0 bridgehead atoms. The SMILES string of the molecule is COc1cccc(Cn2nc(C(=O)NC3CC3)c3c2CCN(C(=O)c2cccnc2)C3)c1. The summed E-state index contributed by atoms with van der Waals surface area (Å²) in [5.74, 6) is 0.533. The zero-order chi connectivity index (χ0) is 22.1. The molecule has 1 aliphatic heterocycles. The highest BCUT2D eigenvalue weighted by atomic mass is 16.5. The number of carbonyl (C=O) groups excluding carboxylic acids is 2. The number of amides is 2. The van der Waals surface area contributed by atoms with Gasteiger partial charge in [0.05, 0.1) is 25.8 Å². The summed E-state index contributed by atoms with van der Waals surface area (Å²) in [6.07, 6.45) is 5.86. The highest BCUT2D eigenvalue weighted by molar-refractivity contribution is 5.96. The number of nitrogens with zero attached hydrogens (tertiary/aromatic N) is 4. The summed E-state index contributed by atoms with van der Waals surface area (Å²) in [7, 11) is 1.64. The Morgan fingerprint density at radius 2 is 2.09 bits per heavy atom. The Hall–Kier alpha value is -3.68. The molecule has 1 aromatic carbocycles. The van der Waals surface area contributed by atoms with Crippen LogP contribution < -0.4 is 10.1 Å². The highest BCUT2D eigenvalue weighted by Gasteiger charge is 2.32. The minimum Gasteiger partial charge on any atom is -0.497 e. The van der Waals surface area contributed by atoms with Crippen LogP contribution in [0.4, 0.5) is 0 Å². The third kappa shape index (κ3) is 4.08. The lowest BCUT2D eigenvalue weighted by Crippen LogP contribution is -2.37. The molecular weight excluding hydrogens is 406 g/mol. The van der Waals surface area contributed by atoms with Crippen molar-refractivity contribution in [3.63, 3.8) is 0 Å². The molecule has 0 atom stereocenters. The Balaban J connectivity index is 1.46. The van der Waals surface area contributed by atoms with E-state index in [2.05, 4.69) is 10.3 Å². The summed E-state index contributed by atoms with van der Waals surface area (Å²) in [4.78, 5) is 31.8. The van der Waals surface area contributed by atoms with Crippen molar-refractivity contribution in [2.45, 2.75) is 38.4 Å². The summed E-state index contributed by atoms with van der Waals surface area (Å²) >= 11 is 0. The van der Waals surface area contributed by atoms with Gasteiger partial charge in [-0.25, -0.2) is 0 Å². The maximum atomic E-state index is 13.0. The number of benzene rings is 1. The van der Waals surface area contributed by atoms with Crippen LogP contribution in [-0.4, -0.2) is 51.2 Å². The van der Waals surface area contributed by atoms with Crippen LogP contribution in [-0.2, 0) is 19.5 Å². The molecule has 32 heavy (non-hydrogen) atoms. The summed E-state index contributed by atoms with van der Waals surface area (Å²) in [6.45, 7) is 1.45. The second-order valence-corrected chi connectivity index (χ2v) is 8.25. The van der Waals surface area contributed by atoms with Crippen LogP contribution in [0, 0.1) is 0 Å². The Labute approximate surface area is 186 Å². The van der Waals surface area contributed by atoms with Crippen molar-refractivity contribution in [1.29, 1.82) is 0 Å². The van der Waals surface area contributed by atoms with Gasteiger partial charge in [0.25, 0.3) is 11.8 Å². The molecule has 2 aliphatic rings. The Bertz CT molecular complexity index is 1150. The Kier molecular flexibility index (Phi) is 5.34. The van der Waals surface area contributed by atoms with E-state index in [0.717, 1.165) is 35.4 Å². The van der Waals surface area contributed by atoms with Gasteiger partial charge in [-0.05, 0) is 42.7 Å². The smallest absolute Gasteiger partial charge is 0.272 e. The topological polar surface area (TPSA) is 89.4 Å². The molecule has 2 aromatic heterocycles. The van der Waals surface area contributed by atoms with E-state index in [4.69, 9.17) is 9.84 Å². The molecule has 1 saturated carbocycles. The van der Waals surface area contributed by atoms with Crippen LogP contribution in [0.15, 0.2) is 48.8 Å². The van der Waals surface area contributed by atoms with E-state index < -0.39 is 0 Å². The fourth-order valence-corrected chi connectivity index (χ4v) is 4.07. The Morgan fingerprint density at radius 3 is 2.84 bits per heavy atom. The van der Waals surface area contributed by atoms with Gasteiger partial charge in [0, 0.05) is 42.7 Å². The van der Waals surface area contributed by atoms with Gasteiger partial charge in [0.2, 0.25) is 0 Å². The van der Waals surface area contributed by atoms with E-state index in [1.807, 2.05) is 28.9 Å². The number of ether oxygens (including phenoxy) is 1. The third-order valence-corrected chi connectivity index (χ3v) is 5.92. The fraction of sp³-hybridized carbons (Fsp3) is 0.333. The number of methoxy groups -OCH3 is 1. The number of carbonyl (C=O) groups is 2. The second-order valence-electron chi connectivity index (χ2n) is 8.25. The number of rotatable bonds is 6. The minimum atomic E-state index is -0.163. The van der Waals surface area contributed by atoms with Crippen molar-refractivity contribution < 1.29 is 14.3 Å². The lowest BCUT2D eigenvalue weighted by Gasteiger charge is -2.28. The summed E-state index contributed by atoms with van der Waals surface area (Å²) in [5.41, 5.74) is 3.83. The van der Waals surface area contributed by atoms with Crippen LogP contribution in [0.25, 0.3) is 0 Å². The summed E-state index contributed by atoms with van der Waals surface area (Å²) in [5, 5.41) is 7.75. The van der Waals surface area contributed by atoms with E-state index in [9.17, 15) is 9.59 Å². The van der Waals surface area contributed by atoms with Crippen molar-refractivity contribution >= 4 is 11.8 Å². The van der Waals surface area contributed by atoms with Crippen molar-refractivity contribution in [3.8, 4) is 5.75 Å². The normalized spacial score (nSPS) is 15.2. The molecule has 0 spiro atoms. The van der Waals surface area contributed by atoms with Gasteiger partial charge in [0.15, 0.2) is 5.69 Å². The van der Waals surface area contributed by atoms with Gasteiger partial charge in [-0.3, -0.25) is 19.3 Å². The van der Waals surface area contributed by atoms with E-state index in [1.54, 1.807) is 36.5 Å². The molecule has 1 fully saturated rings. The van der Waals surface area contributed by atoms with Crippen LogP contribution >= 0.6 is 0 Å². The van der Waals surface area contributed by atoms with Crippen molar-refractivity contribution in [2.24, 2.45) is 0 Å². The van der Waals surface area contributed by atoms with Crippen LogP contribution in [0.1, 0.15) is 50.5 Å². The maximum Gasteiger partial charge on any atom is 0.272 e. The largest absolute Gasteiger partial charge is 0.497 e. The molecule has 164 valence electrons. The van der Waals surface area contributed by atoms with E-state index in [0.29, 0.717) is 37.3 Å². The molecule has 3 aromatic rings. The van der Waals surface area contributed by atoms with Crippen LogP contribution in [0.2, 0.25) is 0 Å². The summed E-state index contributed by atoms with van der Waals surface area (Å²) in [6, 6.07) is 11.6. The zero-order valence-corrected chi connectivity index (χ0v) is 18.0. The minimum absolute atomic E-state index is 0.0853. The quantitative estimate of drug-likeness (QED) is 0.648. The van der Waals surface area contributed by atoms with Crippen molar-refractivity contribution in [2.75, 3.05) is 13.7 Å². The number of hydrogen-bond donors (Lipinski definition) is 1. The molecule has 1 N–H and O–H groups in total. The van der Waals surface area contributed by atoms with Gasteiger partial charge < -0.3 is 15.0 Å². The average Bonchev–Trinajstić information content (AvgIpc) is 3.58. The predicted molar refractivity (Wildman–Crippen MR) is 117 cm³/mol. The lowest BCUT2D eigenvalue weighted by atomic mass is 10.0. The van der Waals surface area contributed by atoms with Crippen molar-refractivity contribution in [1.82, 2.24) is 25.0 Å². The van der Waals surface area contributed by atoms with Gasteiger partial charge in [0.1, 0.15) is 5.75 Å². The van der Waals surface area contributed by atoms with Crippen molar-refractivity contribution in [3.05, 3.63) is 76.9 Å². The van der Waals surface area contributed by atoms with E-state index in [1.165, 1.54) is 0 Å². The lowest BCUT2D eigenvalue weighted by molar-refractivity contribution is 0.0730. The second kappa shape index (κ2) is 8.45. The molecule has 3 heterocycles. The standard InChI is InChI=1S/C24H25N5O3/c1-32-19-6-2-4-16(12-19)14-29-21-9-11-28(24(31)17-5-3-10-25-13-17)15-20(21)22(27-29)23(30)26-18-7-8-18/h2-6,10,12-13,18H,7-9,11,14-15H2,1H3,(H,26,30). The first kappa shape index (κ1) is 20.2. The average molecular weight is 431 g/mol. The molecule has 8 heteroatoms. The molecule has 0 unspecified atom stereocenters. The predicted octanol–water partition coefficient (Wildman–Crippen LogP) is 2.43. The highest BCUT2D eigenvalue weighted by Crippen LogP contribution is 2.27. The number of fused-ring (bicyclic) bond motifs is 1. The number of pyridine rings is 1. The molecule has 1 aliphatic carbocycles. The molecule has 8 nitrogen and oxygen atoms in total. The van der Waals surface area contributed by atoms with Gasteiger partial charge in [-0.1, -0.05) is 12.1 Å². The molecular formula is C24H25N5O3. The van der Waals surface area contributed by atoms with Gasteiger partial charge >= 0.3 is 0 Å². The summed E-state index contributed by atoms with van der Waals surface area (Å²) < 4.78 is 7.24. The van der Waals surface area contributed by atoms with Gasteiger partial charge in [-0.2, -0.15) is 5.10 Å². The molecule has 5 rings (SSSR count). The van der Waals surface area contributed by atoms with E-state index >= 15 is 0 Å². The zero-order valence-electron chi connectivity index (χ0n) is 18.0. The van der Waals surface area contributed by atoms with Crippen LogP contribution in [0.3, 0.4) is 0 Å². The molecule has 0 saturated heterocycles. The first-order valence-electron chi connectivity index (χ1n) is 10.8. The number of aromatic nitrogens is 3. The number of hydrogen-bond acceptors (Lipinski definition) is 5. The Morgan fingerprint density at radius 1 is 1.22 bits per heavy atom. The number of nitrogens with one attached hydrogen (secondary N) is 1. The van der Waals surface area contributed by atoms with Gasteiger partial charge in [-0.15, -0.1) is 0 Å². The fourth-order valence-electron chi connectivity index (χ4n) is 4.07. The van der Waals surface area contributed by atoms with E-state index in [-0.39, 0.29) is 17.9 Å².